The van der Waals surface area contributed by atoms with Gasteiger partial charge in [0.05, 0.1) is 30.8 Å². The second-order valence-electron chi connectivity index (χ2n) is 10.6. The van der Waals surface area contributed by atoms with Crippen LogP contribution < -0.4 is 0 Å². The van der Waals surface area contributed by atoms with Crippen LogP contribution in [0.4, 0.5) is 13.2 Å². The molecule has 0 aromatic heterocycles. The lowest BCUT2D eigenvalue weighted by Crippen LogP contribution is -2.56. The van der Waals surface area contributed by atoms with Crippen LogP contribution in [-0.4, -0.2) is 77.6 Å². The van der Waals surface area contributed by atoms with Gasteiger partial charge in [-0.25, -0.2) is 0 Å². The normalized spacial score (nSPS) is 35.1. The Morgan fingerprint density at radius 2 is 1.64 bits per heavy atom. The first-order valence-corrected chi connectivity index (χ1v) is 13.2. The van der Waals surface area contributed by atoms with Gasteiger partial charge in [-0.3, -0.25) is 4.90 Å². The van der Waals surface area contributed by atoms with Crippen LogP contribution in [0, 0.1) is 23.7 Å². The van der Waals surface area contributed by atoms with Crippen LogP contribution in [0.5, 0.6) is 0 Å². The van der Waals surface area contributed by atoms with Crippen LogP contribution in [0.25, 0.3) is 0 Å². The third kappa shape index (κ3) is 7.79. The predicted molar refractivity (Wildman–Crippen MR) is 121 cm³/mol. The molecule has 0 amide bonds. The van der Waals surface area contributed by atoms with E-state index in [2.05, 4.69) is 0 Å². The SMILES string of the molecule is OCC1[C@H](O)C(O)CCN1CCCCCOCC1CCC(C2CCCCC2)CC1C(F)(F)F. The summed E-state index contributed by atoms with van der Waals surface area (Å²) in [6, 6.07) is -0.437. The number of hydrogen-bond acceptors (Lipinski definition) is 5. The number of piperidine rings is 1. The number of alkyl halides is 3. The molecular formula is C25H44F3NO4. The Bertz CT molecular complexity index is 558. The van der Waals surface area contributed by atoms with Gasteiger partial charge in [-0.1, -0.05) is 32.1 Å². The fraction of sp³-hybridized carbons (Fsp3) is 1.00. The summed E-state index contributed by atoms with van der Waals surface area (Å²) in [7, 11) is 0. The number of likely N-dealkylation sites (tertiary alicyclic amines) is 1. The fourth-order valence-electron chi connectivity index (χ4n) is 6.44. The van der Waals surface area contributed by atoms with Crippen molar-refractivity contribution < 1.29 is 33.2 Å². The first kappa shape index (κ1) is 27.2. The molecule has 0 bridgehead atoms. The maximum Gasteiger partial charge on any atom is 0.392 e. The first-order valence-electron chi connectivity index (χ1n) is 13.2. The summed E-state index contributed by atoms with van der Waals surface area (Å²) in [6.07, 6.45) is 4.76. The van der Waals surface area contributed by atoms with Crippen molar-refractivity contribution in [3.63, 3.8) is 0 Å². The molecule has 0 aromatic carbocycles. The molecule has 5 unspecified atom stereocenters. The Hall–Kier alpha value is -0.410. The molecule has 8 heteroatoms. The Balaban J connectivity index is 1.33. The van der Waals surface area contributed by atoms with Gasteiger partial charge in [-0.15, -0.1) is 0 Å². The fourth-order valence-corrected chi connectivity index (χ4v) is 6.44. The molecule has 1 saturated heterocycles. The van der Waals surface area contributed by atoms with Gasteiger partial charge in [-0.2, -0.15) is 13.2 Å². The third-order valence-electron chi connectivity index (χ3n) is 8.49. The molecule has 0 aromatic rings. The minimum Gasteiger partial charge on any atom is -0.395 e. The van der Waals surface area contributed by atoms with Crippen LogP contribution in [-0.2, 0) is 4.74 Å². The molecule has 194 valence electrons. The molecule has 3 N–H and O–H groups in total. The Labute approximate surface area is 196 Å². The maximum absolute atomic E-state index is 13.8. The number of aliphatic hydroxyl groups is 3. The average molecular weight is 480 g/mol. The zero-order valence-corrected chi connectivity index (χ0v) is 19.9. The van der Waals surface area contributed by atoms with Gasteiger partial charge in [0.15, 0.2) is 0 Å². The van der Waals surface area contributed by atoms with Crippen molar-refractivity contribution in [1.82, 2.24) is 4.90 Å². The number of aliphatic hydroxyl groups excluding tert-OH is 3. The van der Waals surface area contributed by atoms with Crippen molar-refractivity contribution in [2.75, 3.05) is 32.9 Å². The van der Waals surface area contributed by atoms with Gasteiger partial charge < -0.3 is 20.1 Å². The van der Waals surface area contributed by atoms with E-state index in [1.54, 1.807) is 0 Å². The molecule has 2 aliphatic carbocycles. The Morgan fingerprint density at radius 3 is 2.33 bits per heavy atom. The summed E-state index contributed by atoms with van der Waals surface area (Å²) in [5.41, 5.74) is 0. The molecule has 0 spiro atoms. The number of unbranched alkanes of at least 4 members (excludes halogenated alkanes) is 2. The van der Waals surface area contributed by atoms with E-state index in [-0.39, 0.29) is 25.6 Å². The molecule has 2 saturated carbocycles. The lowest BCUT2D eigenvalue weighted by Gasteiger charge is -2.41. The first-order chi connectivity index (χ1) is 15.8. The van der Waals surface area contributed by atoms with Gasteiger partial charge >= 0.3 is 6.18 Å². The predicted octanol–water partition coefficient (Wildman–Crippen LogP) is 4.14. The van der Waals surface area contributed by atoms with Crippen molar-refractivity contribution in [3.05, 3.63) is 0 Å². The largest absolute Gasteiger partial charge is 0.395 e. The molecule has 6 atom stereocenters. The molecule has 0 radical (unpaired) electrons. The second-order valence-corrected chi connectivity index (χ2v) is 10.6. The van der Waals surface area contributed by atoms with Crippen molar-refractivity contribution in [2.45, 2.75) is 101 Å². The van der Waals surface area contributed by atoms with E-state index in [9.17, 15) is 28.5 Å². The van der Waals surface area contributed by atoms with Crippen molar-refractivity contribution >= 4 is 0 Å². The minimum atomic E-state index is -4.14. The summed E-state index contributed by atoms with van der Waals surface area (Å²) in [4.78, 5) is 2.01. The minimum absolute atomic E-state index is 0.190. The van der Waals surface area contributed by atoms with Gasteiger partial charge in [0.25, 0.3) is 0 Å². The Morgan fingerprint density at radius 1 is 0.879 bits per heavy atom. The molecule has 1 heterocycles. The van der Waals surface area contributed by atoms with Crippen LogP contribution in [0.3, 0.4) is 0 Å². The van der Waals surface area contributed by atoms with Gasteiger partial charge in [-0.05, 0) is 69.2 Å². The van der Waals surface area contributed by atoms with E-state index in [1.165, 1.54) is 19.3 Å². The van der Waals surface area contributed by atoms with E-state index < -0.39 is 36.3 Å². The van der Waals surface area contributed by atoms with Crippen LogP contribution in [0.15, 0.2) is 0 Å². The third-order valence-corrected chi connectivity index (χ3v) is 8.49. The standard InChI is InChI=1S/C25H44F3NO4/c26-25(27,28)21-15-19(18-7-3-1-4-8-18)9-10-20(21)17-33-14-6-2-5-12-29-13-11-23(31)24(32)22(29)16-30/h18-24,30-32H,1-17H2/t19?,20?,21?,22?,23?,24-/m0/s1. The van der Waals surface area contributed by atoms with E-state index in [0.717, 1.165) is 45.1 Å². The number of hydrogen-bond donors (Lipinski definition) is 3. The van der Waals surface area contributed by atoms with Crippen LogP contribution in [0.2, 0.25) is 0 Å². The second kappa shape index (κ2) is 13.1. The highest BCUT2D eigenvalue weighted by atomic mass is 19.4. The summed E-state index contributed by atoms with van der Waals surface area (Å²) in [5.74, 6) is -0.934. The van der Waals surface area contributed by atoms with Crippen LogP contribution >= 0.6 is 0 Å². The number of halogens is 3. The van der Waals surface area contributed by atoms with E-state index in [0.29, 0.717) is 31.9 Å². The lowest BCUT2D eigenvalue weighted by atomic mass is 9.67. The average Bonchev–Trinajstić information content (AvgIpc) is 2.80. The molecule has 3 fully saturated rings. The molecule has 3 aliphatic rings. The molecule has 1 aliphatic heterocycles. The molecular weight excluding hydrogens is 435 g/mol. The lowest BCUT2D eigenvalue weighted by molar-refractivity contribution is -0.208. The van der Waals surface area contributed by atoms with E-state index >= 15 is 0 Å². The van der Waals surface area contributed by atoms with Crippen molar-refractivity contribution in [3.8, 4) is 0 Å². The maximum atomic E-state index is 13.8. The number of nitrogens with zero attached hydrogens (tertiary/aromatic N) is 1. The van der Waals surface area contributed by atoms with Crippen LogP contribution in [0.1, 0.15) is 77.0 Å². The highest BCUT2D eigenvalue weighted by Gasteiger charge is 2.48. The topological polar surface area (TPSA) is 73.2 Å². The van der Waals surface area contributed by atoms with Gasteiger partial charge in [0.2, 0.25) is 0 Å². The monoisotopic (exact) mass is 479 g/mol. The quantitative estimate of drug-likeness (QED) is 0.411. The summed E-state index contributed by atoms with van der Waals surface area (Å²) >= 11 is 0. The van der Waals surface area contributed by atoms with Crippen molar-refractivity contribution in [2.24, 2.45) is 23.7 Å². The summed E-state index contributed by atoms with van der Waals surface area (Å²) in [5, 5.41) is 29.3. The highest BCUT2D eigenvalue weighted by Crippen LogP contribution is 2.48. The molecule has 5 nitrogen and oxygen atoms in total. The summed E-state index contributed by atoms with van der Waals surface area (Å²) < 4.78 is 47.1. The number of rotatable bonds is 10. The zero-order valence-electron chi connectivity index (χ0n) is 19.9. The van der Waals surface area contributed by atoms with Gasteiger partial charge in [0.1, 0.15) is 0 Å². The number of ether oxygens (including phenoxy) is 1. The molecule has 3 rings (SSSR count). The zero-order chi connectivity index (χ0) is 23.8. The summed E-state index contributed by atoms with van der Waals surface area (Å²) in [6.45, 7) is 1.84. The smallest absolute Gasteiger partial charge is 0.392 e. The highest BCUT2D eigenvalue weighted by molar-refractivity contribution is 4.89. The van der Waals surface area contributed by atoms with E-state index in [4.69, 9.17) is 4.74 Å². The van der Waals surface area contributed by atoms with Crippen molar-refractivity contribution in [1.29, 1.82) is 0 Å². The van der Waals surface area contributed by atoms with Gasteiger partial charge in [0, 0.05) is 19.8 Å². The van der Waals surface area contributed by atoms with E-state index in [1.807, 2.05) is 4.90 Å². The Kier molecular flexibility index (Phi) is 10.8. The molecule has 33 heavy (non-hydrogen) atoms.